The lowest BCUT2D eigenvalue weighted by Gasteiger charge is -2.14. The molecule has 0 radical (unpaired) electrons. The van der Waals surface area contributed by atoms with Gasteiger partial charge in [0.05, 0.1) is 6.10 Å². The first-order valence-electron chi connectivity index (χ1n) is 4.49. The Hall–Kier alpha value is -0.0100. The summed E-state index contributed by atoms with van der Waals surface area (Å²) in [7, 11) is 0. The minimum absolute atomic E-state index is 0.347. The van der Waals surface area contributed by atoms with Gasteiger partial charge in [-0.15, -0.1) is 0 Å². The number of rotatable bonds is 3. The fourth-order valence-corrected chi connectivity index (χ4v) is 2.10. The molecule has 1 N–H and O–H groups in total. The predicted molar refractivity (Wildman–Crippen MR) is 64.4 cm³/mol. The van der Waals surface area contributed by atoms with Crippen molar-refractivity contribution in [1.29, 1.82) is 0 Å². The molecule has 0 heterocycles. The van der Waals surface area contributed by atoms with Gasteiger partial charge in [0.25, 0.3) is 0 Å². The first-order chi connectivity index (χ1) is 7.29. The van der Waals surface area contributed by atoms with Crippen LogP contribution < -0.4 is 0 Å². The molecule has 16 heavy (non-hydrogen) atoms. The van der Waals surface area contributed by atoms with Crippen LogP contribution in [0.1, 0.15) is 24.5 Å². The van der Waals surface area contributed by atoms with E-state index in [1.54, 1.807) is 12.1 Å². The molecule has 0 spiro atoms. The Morgan fingerprint density at radius 2 is 2.00 bits per heavy atom. The molecule has 1 rings (SSSR count). The Morgan fingerprint density at radius 1 is 1.38 bits per heavy atom. The molecule has 0 fully saturated rings. The lowest BCUT2D eigenvalue weighted by Crippen LogP contribution is -2.10. The van der Waals surface area contributed by atoms with Crippen molar-refractivity contribution >= 4 is 34.2 Å². The number of hydrogen-bond acceptors (Lipinski definition) is 1. The average Bonchev–Trinajstić information content (AvgIpc) is 2.17. The van der Waals surface area contributed by atoms with Crippen molar-refractivity contribution in [2.75, 3.05) is 0 Å². The molecule has 6 heteroatoms. The van der Waals surface area contributed by atoms with Crippen LogP contribution in [0.3, 0.4) is 0 Å². The first kappa shape index (κ1) is 14.1. The van der Waals surface area contributed by atoms with Gasteiger partial charge >= 0.3 is 6.18 Å². The Labute approximate surface area is 110 Å². The highest BCUT2D eigenvalue weighted by atomic mass is 127. The van der Waals surface area contributed by atoms with Gasteiger partial charge in [-0.1, -0.05) is 11.6 Å². The maximum atomic E-state index is 12.0. The number of aliphatic hydroxyl groups is 1. The molecule has 1 atom stereocenters. The van der Waals surface area contributed by atoms with E-state index < -0.39 is 18.7 Å². The van der Waals surface area contributed by atoms with Crippen molar-refractivity contribution in [2.45, 2.75) is 25.1 Å². The lowest BCUT2D eigenvalue weighted by molar-refractivity contribution is -0.140. The second-order valence-electron chi connectivity index (χ2n) is 3.34. The molecular formula is C10H9ClF3IO. The second-order valence-corrected chi connectivity index (χ2v) is 4.93. The quantitative estimate of drug-likeness (QED) is 0.792. The van der Waals surface area contributed by atoms with Gasteiger partial charge in [0.1, 0.15) is 0 Å². The highest BCUT2D eigenvalue weighted by Crippen LogP contribution is 2.30. The minimum atomic E-state index is -4.25. The third-order valence-corrected chi connectivity index (χ3v) is 3.24. The van der Waals surface area contributed by atoms with Gasteiger partial charge in [0.15, 0.2) is 0 Å². The normalized spacial score (nSPS) is 13.9. The average molecular weight is 365 g/mol. The van der Waals surface area contributed by atoms with Crippen molar-refractivity contribution in [3.8, 4) is 0 Å². The van der Waals surface area contributed by atoms with E-state index in [4.69, 9.17) is 11.6 Å². The van der Waals surface area contributed by atoms with E-state index in [2.05, 4.69) is 0 Å². The van der Waals surface area contributed by atoms with Gasteiger partial charge in [-0.25, -0.2) is 0 Å². The smallest absolute Gasteiger partial charge is 0.388 e. The Balaban J connectivity index is 2.73. The van der Waals surface area contributed by atoms with Crippen LogP contribution in [0, 0.1) is 3.57 Å². The molecule has 0 aliphatic heterocycles. The van der Waals surface area contributed by atoms with Crippen LogP contribution >= 0.6 is 34.2 Å². The maximum absolute atomic E-state index is 12.0. The van der Waals surface area contributed by atoms with Gasteiger partial charge in [-0.3, -0.25) is 0 Å². The van der Waals surface area contributed by atoms with Gasteiger partial charge in [0.2, 0.25) is 0 Å². The van der Waals surface area contributed by atoms with Crippen molar-refractivity contribution in [3.63, 3.8) is 0 Å². The summed E-state index contributed by atoms with van der Waals surface area (Å²) in [6, 6.07) is 4.78. The topological polar surface area (TPSA) is 20.2 Å². The summed E-state index contributed by atoms with van der Waals surface area (Å²) < 4.78 is 36.6. The SMILES string of the molecule is OC(CCC(F)(F)F)c1cc(Cl)ccc1I. The van der Waals surface area contributed by atoms with Crippen molar-refractivity contribution in [3.05, 3.63) is 32.4 Å². The Bertz CT molecular complexity index is 368. The number of halogens is 5. The third kappa shape index (κ3) is 4.47. The molecular weight excluding hydrogens is 355 g/mol. The Morgan fingerprint density at radius 3 is 2.56 bits per heavy atom. The molecule has 0 aromatic heterocycles. The molecule has 0 amide bonds. The molecule has 90 valence electrons. The molecule has 0 saturated carbocycles. The predicted octanol–water partition coefficient (Wildman–Crippen LogP) is 4.32. The zero-order valence-electron chi connectivity index (χ0n) is 8.06. The molecule has 1 aromatic carbocycles. The monoisotopic (exact) mass is 364 g/mol. The molecule has 0 bridgehead atoms. The van der Waals surface area contributed by atoms with Crippen molar-refractivity contribution in [1.82, 2.24) is 0 Å². The van der Waals surface area contributed by atoms with E-state index in [0.717, 1.165) is 0 Å². The first-order valence-corrected chi connectivity index (χ1v) is 5.95. The third-order valence-electron chi connectivity index (χ3n) is 2.02. The summed E-state index contributed by atoms with van der Waals surface area (Å²) in [5.74, 6) is 0. The van der Waals surface area contributed by atoms with Crippen LogP contribution in [-0.4, -0.2) is 11.3 Å². The van der Waals surface area contributed by atoms with Crippen LogP contribution in [0.5, 0.6) is 0 Å². The van der Waals surface area contributed by atoms with E-state index in [-0.39, 0.29) is 6.42 Å². The highest BCUT2D eigenvalue weighted by Gasteiger charge is 2.28. The van der Waals surface area contributed by atoms with E-state index in [1.807, 2.05) is 22.6 Å². The number of aliphatic hydroxyl groups excluding tert-OH is 1. The van der Waals surface area contributed by atoms with E-state index in [9.17, 15) is 18.3 Å². The van der Waals surface area contributed by atoms with Crippen molar-refractivity contribution < 1.29 is 18.3 Å². The standard InChI is InChI=1S/C10H9ClF3IO/c11-6-1-2-8(15)7(5-6)9(16)3-4-10(12,13)14/h1-2,5,9,16H,3-4H2. The fourth-order valence-electron chi connectivity index (χ4n) is 1.23. The van der Waals surface area contributed by atoms with Crippen LogP contribution in [0.15, 0.2) is 18.2 Å². The molecule has 0 aliphatic carbocycles. The van der Waals surface area contributed by atoms with Gasteiger partial charge in [0, 0.05) is 15.0 Å². The minimum Gasteiger partial charge on any atom is -0.388 e. The second kappa shape index (κ2) is 5.55. The zero-order chi connectivity index (χ0) is 12.3. The van der Waals surface area contributed by atoms with E-state index >= 15 is 0 Å². The van der Waals surface area contributed by atoms with Crippen LogP contribution in [-0.2, 0) is 0 Å². The van der Waals surface area contributed by atoms with Crippen molar-refractivity contribution in [2.24, 2.45) is 0 Å². The maximum Gasteiger partial charge on any atom is 0.389 e. The summed E-state index contributed by atoms with van der Waals surface area (Å²) >= 11 is 7.67. The molecule has 1 nitrogen and oxygen atoms in total. The van der Waals surface area contributed by atoms with E-state index in [0.29, 0.717) is 14.2 Å². The molecule has 1 aromatic rings. The molecule has 1 unspecified atom stereocenters. The number of benzene rings is 1. The van der Waals surface area contributed by atoms with Gasteiger partial charge < -0.3 is 5.11 Å². The zero-order valence-corrected chi connectivity index (χ0v) is 11.0. The Kier molecular flexibility index (Phi) is 4.88. The summed E-state index contributed by atoms with van der Waals surface area (Å²) in [4.78, 5) is 0. The lowest BCUT2D eigenvalue weighted by atomic mass is 10.1. The number of hydrogen-bond donors (Lipinski definition) is 1. The highest BCUT2D eigenvalue weighted by molar-refractivity contribution is 14.1. The summed E-state index contributed by atoms with van der Waals surface area (Å²) in [5.41, 5.74) is 0.442. The molecule has 0 saturated heterocycles. The van der Waals surface area contributed by atoms with Gasteiger partial charge in [-0.05, 0) is 52.8 Å². The van der Waals surface area contributed by atoms with E-state index in [1.165, 1.54) is 6.07 Å². The van der Waals surface area contributed by atoms with Crippen LogP contribution in [0.2, 0.25) is 5.02 Å². The largest absolute Gasteiger partial charge is 0.389 e. The summed E-state index contributed by atoms with van der Waals surface area (Å²) in [5, 5.41) is 10.0. The fraction of sp³-hybridized carbons (Fsp3) is 0.400. The summed E-state index contributed by atoms with van der Waals surface area (Å²) in [6.45, 7) is 0. The molecule has 0 aliphatic rings. The summed E-state index contributed by atoms with van der Waals surface area (Å²) in [6.07, 6.45) is -6.73. The van der Waals surface area contributed by atoms with Crippen LogP contribution in [0.4, 0.5) is 13.2 Å². The van der Waals surface area contributed by atoms with Gasteiger partial charge in [-0.2, -0.15) is 13.2 Å². The number of alkyl halides is 3. The van der Waals surface area contributed by atoms with Crippen LogP contribution in [0.25, 0.3) is 0 Å².